The minimum Gasteiger partial charge on any atom is -0.610 e. The Morgan fingerprint density at radius 2 is 2.38 bits per heavy atom. The molecule has 1 aromatic heterocycles. The molecule has 0 aliphatic carbocycles. The summed E-state index contributed by atoms with van der Waals surface area (Å²) in [5, 5.41) is 18.0. The number of urea groups is 1. The number of unbranched alkanes of at least 4 members (excludes halogenated alkanes) is 1. The Morgan fingerprint density at radius 1 is 1.62 bits per heavy atom. The summed E-state index contributed by atoms with van der Waals surface area (Å²) in [6.07, 6.45) is 2.43. The first-order chi connectivity index (χ1) is 10.1. The van der Waals surface area contributed by atoms with Crippen LogP contribution in [0.2, 0.25) is 0 Å². The molecule has 0 spiro atoms. The predicted molar refractivity (Wildman–Crippen MR) is 81.7 cm³/mol. The Morgan fingerprint density at radius 3 is 3.05 bits per heavy atom. The topological polar surface area (TPSA) is 92.6 Å². The molecule has 2 atom stereocenters. The molecule has 1 aliphatic heterocycles. The summed E-state index contributed by atoms with van der Waals surface area (Å²) < 4.78 is 12.4. The van der Waals surface area contributed by atoms with Crippen molar-refractivity contribution < 1.29 is 14.5 Å². The molecule has 9 heteroatoms. The van der Waals surface area contributed by atoms with Gasteiger partial charge in [0.1, 0.15) is 5.75 Å². The molecule has 0 aromatic carbocycles. The van der Waals surface area contributed by atoms with E-state index in [1.165, 1.54) is 9.80 Å². The summed E-state index contributed by atoms with van der Waals surface area (Å²) in [7, 11) is 0. The van der Waals surface area contributed by atoms with Gasteiger partial charge in [0.2, 0.25) is 5.13 Å². The molecule has 0 bridgehead atoms. The van der Waals surface area contributed by atoms with Crippen molar-refractivity contribution in [3.8, 4) is 0 Å². The Bertz CT molecular complexity index is 510. The van der Waals surface area contributed by atoms with E-state index in [4.69, 9.17) is 0 Å². The van der Waals surface area contributed by atoms with Crippen LogP contribution in [0.25, 0.3) is 0 Å². The van der Waals surface area contributed by atoms with Gasteiger partial charge in [-0.05, 0) is 17.8 Å². The van der Waals surface area contributed by atoms with E-state index in [9.17, 15) is 14.5 Å². The zero-order valence-corrected chi connectivity index (χ0v) is 13.4. The number of amides is 2. The van der Waals surface area contributed by atoms with E-state index in [1.54, 1.807) is 6.08 Å². The first kappa shape index (κ1) is 16.2. The number of carbonyl (C=O) groups is 1. The lowest BCUT2D eigenvalue weighted by Crippen LogP contribution is -2.34. The zero-order chi connectivity index (χ0) is 15.4. The van der Waals surface area contributed by atoms with E-state index < -0.39 is 17.4 Å². The van der Waals surface area contributed by atoms with E-state index in [-0.39, 0.29) is 17.7 Å². The third kappa shape index (κ3) is 3.54. The van der Waals surface area contributed by atoms with Crippen molar-refractivity contribution in [2.24, 2.45) is 0 Å². The Labute approximate surface area is 130 Å². The van der Waals surface area contributed by atoms with Gasteiger partial charge in [-0.1, -0.05) is 24.5 Å². The Hall–Kier alpha value is -1.16. The number of rotatable bonds is 7. The second kappa shape index (κ2) is 7.21. The highest BCUT2D eigenvalue weighted by Gasteiger charge is 2.39. The summed E-state index contributed by atoms with van der Waals surface area (Å²) >= 11 is -0.115. The SMILES string of the molecule is C=CCN1CC(O)N(c2nnc([S+]([O-])CCCC)s2)C1=O. The first-order valence-electron chi connectivity index (χ1n) is 6.67. The van der Waals surface area contributed by atoms with Crippen LogP contribution in [0.1, 0.15) is 19.8 Å². The molecule has 116 valence electrons. The van der Waals surface area contributed by atoms with Gasteiger partial charge in [0, 0.05) is 17.7 Å². The second-order valence-corrected chi connectivity index (χ2v) is 7.28. The van der Waals surface area contributed by atoms with Gasteiger partial charge >= 0.3 is 10.4 Å². The van der Waals surface area contributed by atoms with Crippen molar-refractivity contribution in [3.63, 3.8) is 0 Å². The van der Waals surface area contributed by atoms with Gasteiger partial charge in [-0.25, -0.2) is 9.69 Å². The van der Waals surface area contributed by atoms with Gasteiger partial charge in [0.15, 0.2) is 6.23 Å². The van der Waals surface area contributed by atoms with Crippen molar-refractivity contribution in [2.45, 2.75) is 30.3 Å². The summed E-state index contributed by atoms with van der Waals surface area (Å²) in [6, 6.07) is -0.343. The van der Waals surface area contributed by atoms with E-state index in [2.05, 4.69) is 16.8 Å². The largest absolute Gasteiger partial charge is 0.610 e. The molecule has 0 radical (unpaired) electrons. The van der Waals surface area contributed by atoms with Crippen LogP contribution in [0.4, 0.5) is 9.93 Å². The maximum atomic E-state index is 12.2. The third-order valence-electron chi connectivity index (χ3n) is 2.99. The molecule has 7 nitrogen and oxygen atoms in total. The van der Waals surface area contributed by atoms with E-state index in [1.807, 2.05) is 6.92 Å². The maximum Gasteiger partial charge on any atom is 0.329 e. The van der Waals surface area contributed by atoms with Crippen LogP contribution in [0.15, 0.2) is 17.0 Å². The van der Waals surface area contributed by atoms with Crippen molar-refractivity contribution >= 4 is 33.7 Å². The van der Waals surface area contributed by atoms with E-state index in [0.29, 0.717) is 16.6 Å². The van der Waals surface area contributed by atoms with Crippen molar-refractivity contribution in [1.29, 1.82) is 0 Å². The molecule has 2 unspecified atom stereocenters. The number of nitrogens with zero attached hydrogens (tertiary/aromatic N) is 4. The van der Waals surface area contributed by atoms with Crippen LogP contribution in [0.3, 0.4) is 0 Å². The van der Waals surface area contributed by atoms with Gasteiger partial charge < -0.3 is 14.6 Å². The minimum absolute atomic E-state index is 0.193. The predicted octanol–water partition coefficient (Wildman–Crippen LogP) is 1.19. The molecule has 1 aliphatic rings. The molecular weight excluding hydrogens is 312 g/mol. The molecule has 0 saturated carbocycles. The second-order valence-electron chi connectivity index (χ2n) is 4.58. The lowest BCUT2D eigenvalue weighted by Gasteiger charge is -2.15. The number of aliphatic hydroxyl groups is 1. The highest BCUT2D eigenvalue weighted by Crippen LogP contribution is 2.29. The minimum atomic E-state index is -1.20. The van der Waals surface area contributed by atoms with Crippen LogP contribution < -0.4 is 4.90 Å². The lowest BCUT2D eigenvalue weighted by molar-refractivity contribution is 0.180. The Balaban J connectivity index is 2.10. The van der Waals surface area contributed by atoms with Gasteiger partial charge in [0.25, 0.3) is 0 Å². The monoisotopic (exact) mass is 330 g/mol. The lowest BCUT2D eigenvalue weighted by atomic mass is 10.4. The zero-order valence-electron chi connectivity index (χ0n) is 11.8. The Kier molecular flexibility index (Phi) is 5.57. The summed E-state index contributed by atoms with van der Waals surface area (Å²) in [5.41, 5.74) is 0. The summed E-state index contributed by atoms with van der Waals surface area (Å²) in [6.45, 7) is 6.16. The normalized spacial score (nSPS) is 20.1. The smallest absolute Gasteiger partial charge is 0.329 e. The maximum absolute atomic E-state index is 12.2. The van der Waals surface area contributed by atoms with E-state index >= 15 is 0 Å². The molecule has 1 aromatic rings. The fourth-order valence-corrected chi connectivity index (χ4v) is 4.23. The number of carbonyl (C=O) groups excluding carboxylic acids is 1. The summed E-state index contributed by atoms with van der Waals surface area (Å²) in [5.74, 6) is 0.532. The number of β-amino-alcohol motifs (C(OH)–C–C–N with tert-alkyl or cyclic N) is 1. The average molecular weight is 330 g/mol. The molecule has 1 N–H and O–H groups in total. The van der Waals surface area contributed by atoms with Gasteiger partial charge in [0.05, 0.1) is 6.54 Å². The number of hydrogen-bond acceptors (Lipinski definition) is 6. The molecule has 1 fully saturated rings. The quantitative estimate of drug-likeness (QED) is 0.460. The fraction of sp³-hybridized carbons (Fsp3) is 0.583. The highest BCUT2D eigenvalue weighted by molar-refractivity contribution is 7.93. The number of hydrogen-bond donors (Lipinski definition) is 1. The number of aromatic nitrogens is 2. The molecule has 2 amide bonds. The van der Waals surface area contributed by atoms with Gasteiger partial charge in [-0.3, -0.25) is 0 Å². The number of aliphatic hydroxyl groups excluding tert-OH is 1. The third-order valence-corrected chi connectivity index (χ3v) is 5.64. The van der Waals surface area contributed by atoms with Crippen LogP contribution in [-0.4, -0.2) is 55.9 Å². The molecular formula is C12H18N4O3S2. The molecule has 1 saturated heterocycles. The van der Waals surface area contributed by atoms with Crippen molar-refractivity contribution in [3.05, 3.63) is 12.7 Å². The molecule has 2 heterocycles. The highest BCUT2D eigenvalue weighted by atomic mass is 32.2. The molecule has 21 heavy (non-hydrogen) atoms. The van der Waals surface area contributed by atoms with E-state index in [0.717, 1.165) is 24.2 Å². The number of anilines is 1. The summed E-state index contributed by atoms with van der Waals surface area (Å²) in [4.78, 5) is 14.8. The van der Waals surface area contributed by atoms with Crippen LogP contribution in [0, 0.1) is 0 Å². The molecule has 2 rings (SSSR count). The van der Waals surface area contributed by atoms with Gasteiger partial charge in [-0.2, -0.15) is 0 Å². The van der Waals surface area contributed by atoms with Crippen LogP contribution in [-0.2, 0) is 11.2 Å². The first-order valence-corrected chi connectivity index (χ1v) is 8.81. The van der Waals surface area contributed by atoms with Crippen molar-refractivity contribution in [2.75, 3.05) is 23.7 Å². The average Bonchev–Trinajstić information content (AvgIpc) is 3.03. The fourth-order valence-electron chi connectivity index (χ4n) is 1.91. The van der Waals surface area contributed by atoms with Crippen LogP contribution in [0.5, 0.6) is 0 Å². The van der Waals surface area contributed by atoms with Crippen LogP contribution >= 0.6 is 11.3 Å². The van der Waals surface area contributed by atoms with Crippen molar-refractivity contribution in [1.82, 2.24) is 15.1 Å². The van der Waals surface area contributed by atoms with Gasteiger partial charge in [-0.15, -0.1) is 11.7 Å². The standard InChI is InChI=1S/C12H18N4O3S2/c1-3-5-7-21(19)11-14-13-10(20-11)16-9(17)8-15(6-4-2)12(16)18/h4,9,17H,2-3,5-8H2,1H3.